The zero-order valence-corrected chi connectivity index (χ0v) is 13.6. The van der Waals surface area contributed by atoms with Crippen LogP contribution in [0.3, 0.4) is 0 Å². The summed E-state index contributed by atoms with van der Waals surface area (Å²) in [6, 6.07) is 7.63. The molecule has 1 aromatic heterocycles. The lowest BCUT2D eigenvalue weighted by molar-refractivity contribution is 0.0705. The van der Waals surface area contributed by atoms with Gasteiger partial charge in [0.1, 0.15) is 12.4 Å². The Hall–Kier alpha value is -3.13. The summed E-state index contributed by atoms with van der Waals surface area (Å²) in [6.07, 6.45) is 1.51. The monoisotopic (exact) mass is 343 g/mol. The Labute approximate surface area is 143 Å². The van der Waals surface area contributed by atoms with Crippen LogP contribution in [0.2, 0.25) is 0 Å². The molecule has 1 aromatic carbocycles. The van der Waals surface area contributed by atoms with E-state index in [0.29, 0.717) is 24.4 Å². The average Bonchev–Trinajstić information content (AvgIpc) is 2.84. The van der Waals surface area contributed by atoms with Crippen molar-refractivity contribution in [1.29, 1.82) is 0 Å². The molecule has 0 bridgehead atoms. The molecule has 0 unspecified atom stereocenters. The second-order valence-electron chi connectivity index (χ2n) is 5.71. The molecule has 130 valence electrons. The molecule has 2 N–H and O–H groups in total. The van der Waals surface area contributed by atoms with Gasteiger partial charge in [0.05, 0.1) is 12.1 Å². The lowest BCUT2D eigenvalue weighted by atomic mass is 10.1. The van der Waals surface area contributed by atoms with Gasteiger partial charge in [-0.05, 0) is 18.2 Å². The second kappa shape index (κ2) is 6.78. The molecule has 0 saturated heterocycles. The third-order valence-electron chi connectivity index (χ3n) is 4.03. The van der Waals surface area contributed by atoms with E-state index in [1.54, 1.807) is 29.6 Å². The molecule has 0 spiro atoms. The van der Waals surface area contributed by atoms with E-state index in [-0.39, 0.29) is 23.6 Å². The Morgan fingerprint density at radius 1 is 1.20 bits per heavy atom. The number of hydrogen-bond acceptors (Lipinski definition) is 5. The first-order valence-electron chi connectivity index (χ1n) is 7.65. The number of ether oxygens (including phenoxy) is 1. The molecule has 1 aliphatic rings. The van der Waals surface area contributed by atoms with Crippen molar-refractivity contribution in [2.45, 2.75) is 6.54 Å². The van der Waals surface area contributed by atoms with Gasteiger partial charge in [0, 0.05) is 37.0 Å². The van der Waals surface area contributed by atoms with Crippen molar-refractivity contribution in [3.8, 4) is 5.75 Å². The summed E-state index contributed by atoms with van der Waals surface area (Å²) < 4.78 is 6.99. The van der Waals surface area contributed by atoms with E-state index < -0.39 is 5.91 Å². The first kappa shape index (κ1) is 16.7. The van der Waals surface area contributed by atoms with Crippen LogP contribution in [0.15, 0.2) is 41.3 Å². The van der Waals surface area contributed by atoms with Gasteiger partial charge in [-0.25, -0.2) is 5.48 Å². The molecule has 0 aliphatic carbocycles. The summed E-state index contributed by atoms with van der Waals surface area (Å²) in [5.41, 5.74) is 2.83. The number of rotatable bonds is 2. The summed E-state index contributed by atoms with van der Waals surface area (Å²) in [4.78, 5) is 37.3. The van der Waals surface area contributed by atoms with Gasteiger partial charge in [0.15, 0.2) is 0 Å². The smallest absolute Gasteiger partial charge is 0.274 e. The number of fused-ring (bicyclic) bond motifs is 1. The van der Waals surface area contributed by atoms with Crippen LogP contribution in [-0.2, 0) is 13.6 Å². The van der Waals surface area contributed by atoms with E-state index in [9.17, 15) is 14.4 Å². The molecule has 0 atom stereocenters. The van der Waals surface area contributed by atoms with Crippen LogP contribution in [-0.4, -0.2) is 39.6 Å². The maximum absolute atomic E-state index is 12.7. The molecule has 8 nitrogen and oxygen atoms in total. The zero-order chi connectivity index (χ0) is 18.0. The van der Waals surface area contributed by atoms with Crippen molar-refractivity contribution < 1.29 is 19.5 Å². The molecule has 2 heterocycles. The van der Waals surface area contributed by atoms with E-state index in [1.807, 2.05) is 0 Å². The van der Waals surface area contributed by atoms with Crippen LogP contribution < -0.4 is 15.8 Å². The predicted octanol–water partition coefficient (Wildman–Crippen LogP) is 0.539. The minimum Gasteiger partial charge on any atom is -0.491 e. The summed E-state index contributed by atoms with van der Waals surface area (Å²) in [5, 5.41) is 8.71. The molecule has 1 aliphatic heterocycles. The van der Waals surface area contributed by atoms with Crippen molar-refractivity contribution in [2.75, 3.05) is 13.2 Å². The van der Waals surface area contributed by atoms with Crippen LogP contribution in [0.25, 0.3) is 0 Å². The van der Waals surface area contributed by atoms with E-state index in [4.69, 9.17) is 9.94 Å². The first-order chi connectivity index (χ1) is 12.0. The van der Waals surface area contributed by atoms with Gasteiger partial charge in [-0.2, -0.15) is 0 Å². The predicted molar refractivity (Wildman–Crippen MR) is 87.6 cm³/mol. The fraction of sp³-hybridized carbons (Fsp3) is 0.235. The Balaban J connectivity index is 1.86. The standard InChI is InChI=1S/C17H17N3O5/c1-19-9-13(4-5-15(19)21)17(23)20-6-7-25-14-8-11(16(22)18-24)2-3-12(14)10-20/h2-5,8-9,24H,6-7,10H2,1H3,(H,18,22). The number of nitrogens with one attached hydrogen (secondary N) is 1. The number of carbonyl (C=O) groups is 2. The number of hydrogen-bond donors (Lipinski definition) is 2. The average molecular weight is 343 g/mol. The van der Waals surface area contributed by atoms with Crippen LogP contribution >= 0.6 is 0 Å². The molecule has 3 rings (SSSR count). The number of amides is 2. The third kappa shape index (κ3) is 3.38. The molecular weight excluding hydrogens is 326 g/mol. The summed E-state index contributed by atoms with van der Waals surface area (Å²) in [5.74, 6) is -0.338. The van der Waals surface area contributed by atoms with E-state index >= 15 is 0 Å². The number of hydroxylamine groups is 1. The minimum atomic E-state index is -0.631. The third-order valence-corrected chi connectivity index (χ3v) is 4.03. The van der Waals surface area contributed by atoms with Crippen molar-refractivity contribution in [2.24, 2.45) is 7.05 Å². The number of nitrogens with zero attached hydrogens (tertiary/aromatic N) is 2. The van der Waals surface area contributed by atoms with Gasteiger partial charge >= 0.3 is 0 Å². The molecule has 2 amide bonds. The Morgan fingerprint density at radius 3 is 2.68 bits per heavy atom. The molecule has 0 radical (unpaired) electrons. The zero-order valence-electron chi connectivity index (χ0n) is 13.6. The van der Waals surface area contributed by atoms with E-state index in [2.05, 4.69) is 0 Å². The fourth-order valence-electron chi connectivity index (χ4n) is 2.65. The maximum Gasteiger partial charge on any atom is 0.274 e. The number of pyridine rings is 1. The van der Waals surface area contributed by atoms with Gasteiger partial charge in [-0.3, -0.25) is 19.6 Å². The quantitative estimate of drug-likeness (QED) is 0.612. The van der Waals surface area contributed by atoms with Gasteiger partial charge < -0.3 is 14.2 Å². The largest absolute Gasteiger partial charge is 0.491 e. The van der Waals surface area contributed by atoms with Gasteiger partial charge in [-0.1, -0.05) is 6.07 Å². The Bertz CT molecular complexity index is 890. The van der Waals surface area contributed by atoms with Crippen LogP contribution in [0.5, 0.6) is 5.75 Å². The minimum absolute atomic E-state index is 0.184. The van der Waals surface area contributed by atoms with Gasteiger partial charge in [0.25, 0.3) is 11.8 Å². The highest BCUT2D eigenvalue weighted by molar-refractivity contribution is 5.95. The number of aromatic nitrogens is 1. The van der Waals surface area contributed by atoms with Crippen molar-refractivity contribution in [3.63, 3.8) is 0 Å². The number of aryl methyl sites for hydroxylation is 1. The van der Waals surface area contributed by atoms with Crippen molar-refractivity contribution in [3.05, 3.63) is 63.6 Å². The molecule has 0 saturated carbocycles. The normalized spacial score (nSPS) is 13.4. The van der Waals surface area contributed by atoms with Crippen molar-refractivity contribution in [1.82, 2.24) is 14.9 Å². The highest BCUT2D eigenvalue weighted by atomic mass is 16.5. The van der Waals surface area contributed by atoms with Crippen LogP contribution in [0.4, 0.5) is 0 Å². The second-order valence-corrected chi connectivity index (χ2v) is 5.71. The molecular formula is C17H17N3O5. The number of benzene rings is 1. The maximum atomic E-state index is 12.7. The summed E-state index contributed by atoms with van der Waals surface area (Å²) in [6.45, 7) is 0.963. The Morgan fingerprint density at radius 2 is 1.96 bits per heavy atom. The lowest BCUT2D eigenvalue weighted by Gasteiger charge is -2.20. The highest BCUT2D eigenvalue weighted by Gasteiger charge is 2.22. The molecule has 8 heteroatoms. The van der Waals surface area contributed by atoms with Crippen LogP contribution in [0.1, 0.15) is 26.3 Å². The Kier molecular flexibility index (Phi) is 4.53. The molecule has 0 fully saturated rings. The van der Waals surface area contributed by atoms with Gasteiger partial charge in [-0.15, -0.1) is 0 Å². The fourth-order valence-corrected chi connectivity index (χ4v) is 2.65. The SMILES string of the molecule is Cn1cc(C(=O)N2CCOc3cc(C(=O)NO)ccc3C2)ccc1=O. The topological polar surface area (TPSA) is 101 Å². The summed E-state index contributed by atoms with van der Waals surface area (Å²) >= 11 is 0. The van der Waals surface area contributed by atoms with Crippen LogP contribution in [0, 0.1) is 0 Å². The first-order valence-corrected chi connectivity index (χ1v) is 7.65. The number of carbonyl (C=O) groups excluding carboxylic acids is 2. The highest BCUT2D eigenvalue weighted by Crippen LogP contribution is 2.25. The molecule has 2 aromatic rings. The van der Waals surface area contributed by atoms with Gasteiger partial charge in [0.2, 0.25) is 5.56 Å². The van der Waals surface area contributed by atoms with E-state index in [0.717, 1.165) is 5.56 Å². The summed E-state index contributed by atoms with van der Waals surface area (Å²) in [7, 11) is 1.59. The lowest BCUT2D eigenvalue weighted by Crippen LogP contribution is -2.33. The molecule has 25 heavy (non-hydrogen) atoms. The van der Waals surface area contributed by atoms with Crippen molar-refractivity contribution >= 4 is 11.8 Å². The van der Waals surface area contributed by atoms with E-state index in [1.165, 1.54) is 29.0 Å².